The predicted molar refractivity (Wildman–Crippen MR) is 154 cm³/mol. The van der Waals surface area contributed by atoms with E-state index >= 15 is 0 Å². The summed E-state index contributed by atoms with van der Waals surface area (Å²) in [4.78, 5) is 22.2. The molecule has 2 aromatic heterocycles. The summed E-state index contributed by atoms with van der Waals surface area (Å²) in [6.45, 7) is 7.42. The molecule has 2 N–H and O–H groups in total. The number of thiophene rings is 1. The van der Waals surface area contributed by atoms with Crippen molar-refractivity contribution in [1.82, 2.24) is 9.88 Å². The molecule has 0 bridgehead atoms. The van der Waals surface area contributed by atoms with Crippen LogP contribution in [-0.4, -0.2) is 36.6 Å². The predicted octanol–water partition coefficient (Wildman–Crippen LogP) is 6.88. The number of nitrogens with two attached hydrogens (primary N) is 1. The summed E-state index contributed by atoms with van der Waals surface area (Å²) in [5.74, 6) is 1.30. The molecule has 1 amide bonds. The van der Waals surface area contributed by atoms with Crippen LogP contribution in [0.1, 0.15) is 53.3 Å². The van der Waals surface area contributed by atoms with E-state index in [9.17, 15) is 4.79 Å². The molecule has 2 aromatic carbocycles. The normalized spacial score (nSPS) is 14.3. The van der Waals surface area contributed by atoms with Gasteiger partial charge in [0.2, 0.25) is 0 Å². The van der Waals surface area contributed by atoms with E-state index in [0.717, 1.165) is 32.6 Å². The molecule has 1 unspecified atom stereocenters. The van der Waals surface area contributed by atoms with Crippen molar-refractivity contribution >= 4 is 39.1 Å². The van der Waals surface area contributed by atoms with Gasteiger partial charge in [0.05, 0.1) is 37.5 Å². The van der Waals surface area contributed by atoms with Gasteiger partial charge in [0.25, 0.3) is 5.91 Å². The van der Waals surface area contributed by atoms with Gasteiger partial charge in [-0.25, -0.2) is 4.98 Å². The number of amides is 1. The number of hydrogen-bond donors (Lipinski definition) is 1. The maximum absolute atomic E-state index is 13.2. The van der Waals surface area contributed by atoms with Crippen molar-refractivity contribution < 1.29 is 14.3 Å². The first kappa shape index (κ1) is 26.5. The lowest BCUT2D eigenvalue weighted by Gasteiger charge is -2.29. The molecule has 0 spiro atoms. The highest BCUT2D eigenvalue weighted by atomic mass is 35.5. The van der Waals surface area contributed by atoms with Gasteiger partial charge in [0.15, 0.2) is 11.5 Å². The Morgan fingerprint density at radius 3 is 2.47 bits per heavy atom. The number of ether oxygens (including phenoxy) is 2. The summed E-state index contributed by atoms with van der Waals surface area (Å²) in [6.07, 6.45) is 0.719. The standard InChI is InChI=1S/C30H32ClN3O3S/c1-30(2,3)27(32)26-25(31)23(18-11-12-20(36-4)21(15-18)37-5)24-19-13-14-34(16-22(19)38-28(24)33-26)29(35)17-9-7-6-8-10-17/h6-12,15,27H,13-14,16,32H2,1-5H3. The number of rotatable bonds is 5. The van der Waals surface area contributed by atoms with Crippen LogP contribution in [0.25, 0.3) is 21.3 Å². The Kier molecular flexibility index (Phi) is 7.11. The third-order valence-electron chi connectivity index (χ3n) is 7.16. The molecule has 4 aromatic rings. The van der Waals surface area contributed by atoms with Gasteiger partial charge >= 0.3 is 0 Å². The Morgan fingerprint density at radius 2 is 1.82 bits per heavy atom. The van der Waals surface area contributed by atoms with E-state index in [1.54, 1.807) is 25.6 Å². The maximum atomic E-state index is 13.2. The van der Waals surface area contributed by atoms with Crippen molar-refractivity contribution in [2.45, 2.75) is 39.8 Å². The fourth-order valence-corrected chi connectivity index (χ4v) is 6.55. The second kappa shape index (κ2) is 10.2. The zero-order valence-electron chi connectivity index (χ0n) is 22.3. The van der Waals surface area contributed by atoms with E-state index in [2.05, 4.69) is 20.8 Å². The number of aromatic nitrogens is 1. The molecule has 6 nitrogen and oxygen atoms in total. The Labute approximate surface area is 232 Å². The lowest BCUT2D eigenvalue weighted by Crippen LogP contribution is -2.35. The number of fused-ring (bicyclic) bond motifs is 3. The zero-order valence-corrected chi connectivity index (χ0v) is 23.9. The number of pyridine rings is 1. The van der Waals surface area contributed by atoms with Crippen molar-refractivity contribution in [2.75, 3.05) is 20.8 Å². The molecule has 3 heterocycles. The van der Waals surface area contributed by atoms with Gasteiger partial charge < -0.3 is 20.1 Å². The summed E-state index contributed by atoms with van der Waals surface area (Å²) in [6, 6.07) is 14.9. The third-order valence-corrected chi connectivity index (χ3v) is 8.66. The van der Waals surface area contributed by atoms with E-state index < -0.39 is 0 Å². The first-order valence-electron chi connectivity index (χ1n) is 12.6. The molecule has 0 aliphatic carbocycles. The van der Waals surface area contributed by atoms with Crippen LogP contribution < -0.4 is 15.2 Å². The number of benzene rings is 2. The van der Waals surface area contributed by atoms with Gasteiger partial charge in [-0.1, -0.05) is 56.6 Å². The monoisotopic (exact) mass is 549 g/mol. The summed E-state index contributed by atoms with van der Waals surface area (Å²) in [5.41, 5.74) is 10.8. The van der Waals surface area contributed by atoms with E-state index in [0.29, 0.717) is 40.9 Å². The fourth-order valence-electron chi connectivity index (χ4n) is 4.94. The fraction of sp³-hybridized carbons (Fsp3) is 0.333. The molecular weight excluding hydrogens is 518 g/mol. The molecule has 1 atom stereocenters. The number of methoxy groups -OCH3 is 2. The molecule has 198 valence electrons. The molecular formula is C30H32ClN3O3S. The topological polar surface area (TPSA) is 77.7 Å². The molecule has 5 rings (SSSR count). The lowest BCUT2D eigenvalue weighted by atomic mass is 9.84. The molecule has 0 saturated carbocycles. The highest BCUT2D eigenvalue weighted by Crippen LogP contribution is 2.48. The van der Waals surface area contributed by atoms with Crippen molar-refractivity contribution in [3.05, 3.63) is 75.3 Å². The van der Waals surface area contributed by atoms with Crippen LogP contribution in [0.3, 0.4) is 0 Å². The van der Waals surface area contributed by atoms with Crippen molar-refractivity contribution in [2.24, 2.45) is 11.1 Å². The molecule has 0 saturated heterocycles. The molecule has 8 heteroatoms. The zero-order chi connectivity index (χ0) is 27.2. The Balaban J connectivity index is 1.69. The minimum absolute atomic E-state index is 0.0373. The number of carbonyl (C=O) groups is 1. The van der Waals surface area contributed by atoms with Crippen LogP contribution in [0.4, 0.5) is 0 Å². The van der Waals surface area contributed by atoms with Gasteiger partial charge in [-0.15, -0.1) is 11.3 Å². The van der Waals surface area contributed by atoms with Crippen LogP contribution >= 0.6 is 22.9 Å². The van der Waals surface area contributed by atoms with E-state index in [1.807, 2.05) is 53.4 Å². The van der Waals surface area contributed by atoms with E-state index in [1.165, 1.54) is 5.56 Å². The highest BCUT2D eigenvalue weighted by Gasteiger charge is 2.32. The molecule has 1 aliphatic heterocycles. The largest absolute Gasteiger partial charge is 0.493 e. The van der Waals surface area contributed by atoms with Crippen molar-refractivity contribution in [3.63, 3.8) is 0 Å². The van der Waals surface area contributed by atoms with Crippen molar-refractivity contribution in [1.29, 1.82) is 0 Å². The third kappa shape index (κ3) is 4.64. The number of carbonyl (C=O) groups excluding carboxylic acids is 1. The van der Waals surface area contributed by atoms with Gasteiger partial charge in [-0.05, 0) is 47.2 Å². The second-order valence-electron chi connectivity index (χ2n) is 10.6. The van der Waals surface area contributed by atoms with Gasteiger partial charge in [-0.3, -0.25) is 4.79 Å². The minimum atomic E-state index is -0.367. The highest BCUT2D eigenvalue weighted by molar-refractivity contribution is 7.19. The van der Waals surface area contributed by atoms with Crippen LogP contribution in [0.15, 0.2) is 48.5 Å². The van der Waals surface area contributed by atoms with Crippen LogP contribution in [0.5, 0.6) is 11.5 Å². The second-order valence-corrected chi connectivity index (χ2v) is 12.1. The number of nitrogens with zero attached hydrogens (tertiary/aromatic N) is 2. The minimum Gasteiger partial charge on any atom is -0.493 e. The van der Waals surface area contributed by atoms with Crippen LogP contribution in [0, 0.1) is 5.41 Å². The lowest BCUT2D eigenvalue weighted by molar-refractivity contribution is 0.0737. The summed E-state index contributed by atoms with van der Waals surface area (Å²) in [7, 11) is 3.24. The van der Waals surface area contributed by atoms with Gasteiger partial charge in [0, 0.05) is 27.9 Å². The number of halogens is 1. The Bertz CT molecular complexity index is 1510. The SMILES string of the molecule is COc1ccc(-c2c(Cl)c(C(N)C(C)(C)C)nc3sc4c(c23)CCN(C(=O)c2ccccc2)C4)cc1OC. The van der Waals surface area contributed by atoms with Gasteiger partial charge in [-0.2, -0.15) is 0 Å². The molecule has 38 heavy (non-hydrogen) atoms. The van der Waals surface area contributed by atoms with Crippen LogP contribution in [-0.2, 0) is 13.0 Å². The average molecular weight is 550 g/mol. The van der Waals surface area contributed by atoms with E-state index in [-0.39, 0.29) is 17.4 Å². The first-order valence-corrected chi connectivity index (χ1v) is 13.8. The van der Waals surface area contributed by atoms with E-state index in [4.69, 9.17) is 31.8 Å². The quantitative estimate of drug-likeness (QED) is 0.293. The van der Waals surface area contributed by atoms with Gasteiger partial charge in [0.1, 0.15) is 4.83 Å². The number of hydrogen-bond acceptors (Lipinski definition) is 6. The Morgan fingerprint density at radius 1 is 1.11 bits per heavy atom. The summed E-state index contributed by atoms with van der Waals surface area (Å²) < 4.78 is 11.1. The first-order chi connectivity index (χ1) is 18.1. The van der Waals surface area contributed by atoms with Crippen LogP contribution in [0.2, 0.25) is 5.02 Å². The molecule has 1 aliphatic rings. The smallest absolute Gasteiger partial charge is 0.254 e. The molecule has 0 fully saturated rings. The average Bonchev–Trinajstić information content (AvgIpc) is 3.28. The summed E-state index contributed by atoms with van der Waals surface area (Å²) >= 11 is 8.79. The maximum Gasteiger partial charge on any atom is 0.254 e. The summed E-state index contributed by atoms with van der Waals surface area (Å²) in [5, 5.41) is 1.58. The Hall–Kier alpha value is -3.13. The molecule has 0 radical (unpaired) electrons. The van der Waals surface area contributed by atoms with Crippen molar-refractivity contribution in [3.8, 4) is 22.6 Å².